The molecule has 14 heteroatoms. The van der Waals surface area contributed by atoms with Crippen molar-refractivity contribution in [2.24, 2.45) is 11.5 Å². The highest BCUT2D eigenvalue weighted by Crippen LogP contribution is 2.02. The lowest BCUT2D eigenvalue weighted by atomic mass is 10.1. The van der Waals surface area contributed by atoms with Gasteiger partial charge in [0.2, 0.25) is 5.91 Å². The second-order valence-electron chi connectivity index (χ2n) is 5.65. The van der Waals surface area contributed by atoms with Crippen LogP contribution in [0.4, 0.5) is 4.79 Å². The van der Waals surface area contributed by atoms with Gasteiger partial charge in [0.25, 0.3) is 5.91 Å². The van der Waals surface area contributed by atoms with Crippen LogP contribution in [0.3, 0.4) is 0 Å². The average molecular weight is 420 g/mol. The van der Waals surface area contributed by atoms with E-state index in [1.807, 2.05) is 10.6 Å². The molecule has 0 bridgehead atoms. The number of aliphatic hydroxyl groups is 2. The van der Waals surface area contributed by atoms with E-state index in [1.54, 1.807) is 0 Å². The summed E-state index contributed by atoms with van der Waals surface area (Å²) in [5, 5.41) is 32.1. The van der Waals surface area contributed by atoms with Gasteiger partial charge in [0, 0.05) is 12.6 Å². The van der Waals surface area contributed by atoms with Crippen molar-refractivity contribution in [3.05, 3.63) is 12.2 Å². The molecule has 13 nitrogen and oxygen atoms in total. The monoisotopic (exact) mass is 420 g/mol. The maximum Gasteiger partial charge on any atom is 0.328 e. The molecule has 0 aromatic heterocycles. The number of urea groups is 1. The number of aliphatic carboxylic acids is 1. The second kappa shape index (κ2) is 11.1. The number of hydrogen-bond acceptors (Lipinski definition) is 8. The Morgan fingerprint density at radius 1 is 1.25 bits per heavy atom. The van der Waals surface area contributed by atoms with Gasteiger partial charge in [-0.3, -0.25) is 20.0 Å². The van der Waals surface area contributed by atoms with Crippen LogP contribution in [0.2, 0.25) is 0 Å². The number of nitrogens with one attached hydrogen (secondary N) is 3. The third-order valence-corrected chi connectivity index (χ3v) is 3.95. The van der Waals surface area contributed by atoms with Gasteiger partial charge in [0.05, 0.1) is 18.8 Å². The molecule has 0 rings (SSSR count). The number of rotatable bonds is 9. The predicted molar refractivity (Wildman–Crippen MR) is 100 cm³/mol. The van der Waals surface area contributed by atoms with Gasteiger partial charge in [-0.05, 0) is 6.92 Å². The number of thiocarbonyl (C=S) groups is 1. The molecule has 0 spiro atoms. The van der Waals surface area contributed by atoms with Gasteiger partial charge in [-0.15, -0.1) is 0 Å². The minimum Gasteiger partial charge on any atom is -0.480 e. The Morgan fingerprint density at radius 3 is 2.18 bits per heavy atom. The third-order valence-electron chi connectivity index (χ3n) is 3.40. The van der Waals surface area contributed by atoms with Gasteiger partial charge in [0.15, 0.2) is 6.04 Å². The van der Waals surface area contributed by atoms with Crippen molar-refractivity contribution in [2.45, 2.75) is 31.2 Å². The van der Waals surface area contributed by atoms with Crippen LogP contribution in [0, 0.1) is 0 Å². The molecule has 10 N–H and O–H groups in total. The Kier molecular flexibility index (Phi) is 10.0. The van der Waals surface area contributed by atoms with Crippen LogP contribution < -0.4 is 27.5 Å². The van der Waals surface area contributed by atoms with Crippen molar-refractivity contribution in [2.75, 3.05) is 13.7 Å². The highest BCUT2D eigenvalue weighted by atomic mass is 32.1. The Labute approximate surface area is 165 Å². The van der Waals surface area contributed by atoms with Gasteiger partial charge < -0.3 is 37.4 Å². The van der Waals surface area contributed by atoms with Gasteiger partial charge in [-0.2, -0.15) is 0 Å². The van der Waals surface area contributed by atoms with Crippen LogP contribution in [0.1, 0.15) is 6.92 Å². The summed E-state index contributed by atoms with van der Waals surface area (Å²) in [5.41, 5.74) is 12.5. The maximum atomic E-state index is 12.4. The Morgan fingerprint density at radius 2 is 1.79 bits per heavy atom. The molecular weight excluding hydrogens is 396 g/mol. The number of carboxylic acids is 1. The lowest BCUT2D eigenvalue weighted by Gasteiger charge is -2.28. The molecular formula is C14H24N6O7S. The van der Waals surface area contributed by atoms with Crippen LogP contribution in [-0.4, -0.2) is 87.0 Å². The first kappa shape index (κ1) is 25.2. The standard InChI is InChI=1S/C14H24N6O7S/c1-5(10(16)23)9(18-14(27)17-7(4-21)13(25)26)11(24)19-20(3)12(28)8(15)6(2)22/h6-9,21-22H,1,4,15H2,2-3H3,(H2,16,23)(H,19,24)(H,25,26)(H2,17,18,27)/t6?,7-,8-,9-/m1/s1. The molecule has 0 aliphatic carbocycles. The van der Waals surface area contributed by atoms with Crippen molar-refractivity contribution in [1.82, 2.24) is 21.1 Å². The molecule has 0 saturated carbocycles. The summed E-state index contributed by atoms with van der Waals surface area (Å²) in [6.45, 7) is 3.79. The summed E-state index contributed by atoms with van der Waals surface area (Å²) in [4.78, 5) is 46.5. The van der Waals surface area contributed by atoms with Crippen LogP contribution in [0.5, 0.6) is 0 Å². The van der Waals surface area contributed by atoms with E-state index < -0.39 is 60.2 Å². The SMILES string of the molecule is C=C(C(N)=O)[C@@H](NC(=O)N[C@H](CO)C(=O)O)C(=O)NN(C)C(=S)[C@H](N)C(C)O. The number of hydrogen-bond donors (Lipinski definition) is 8. The lowest BCUT2D eigenvalue weighted by Crippen LogP contribution is -2.59. The van der Waals surface area contributed by atoms with Crippen molar-refractivity contribution >= 4 is 41.0 Å². The zero-order valence-corrected chi connectivity index (χ0v) is 16.0. The molecule has 0 fully saturated rings. The fourth-order valence-corrected chi connectivity index (χ4v) is 1.93. The smallest absolute Gasteiger partial charge is 0.328 e. The summed E-state index contributed by atoms with van der Waals surface area (Å²) in [6, 6.07) is -5.52. The number of primary amides is 1. The maximum absolute atomic E-state index is 12.4. The van der Waals surface area contributed by atoms with E-state index in [2.05, 4.69) is 12.0 Å². The highest BCUT2D eigenvalue weighted by Gasteiger charge is 2.30. The number of carbonyl (C=O) groups excluding carboxylic acids is 3. The number of carboxylic acid groups (broad SMARTS) is 1. The number of nitrogens with zero attached hydrogens (tertiary/aromatic N) is 1. The van der Waals surface area contributed by atoms with Gasteiger partial charge in [-0.1, -0.05) is 18.8 Å². The van der Waals surface area contributed by atoms with Crippen LogP contribution in [0.25, 0.3) is 0 Å². The second-order valence-corrected chi connectivity index (χ2v) is 6.07. The topological polar surface area (TPSA) is 220 Å². The number of likely N-dealkylation sites (N-methyl/N-ethyl adjacent to an activating group) is 1. The largest absolute Gasteiger partial charge is 0.480 e. The molecule has 0 heterocycles. The number of nitrogens with two attached hydrogens (primary N) is 2. The molecule has 0 saturated heterocycles. The normalized spacial score (nSPS) is 14.6. The van der Waals surface area contributed by atoms with E-state index in [-0.39, 0.29) is 4.99 Å². The Hall–Kier alpha value is -2.81. The van der Waals surface area contributed by atoms with E-state index in [0.717, 1.165) is 5.01 Å². The van der Waals surface area contributed by atoms with E-state index in [9.17, 15) is 24.3 Å². The molecule has 28 heavy (non-hydrogen) atoms. The molecule has 4 atom stereocenters. The van der Waals surface area contributed by atoms with Crippen molar-refractivity contribution in [1.29, 1.82) is 0 Å². The quantitative estimate of drug-likeness (QED) is 0.103. The molecule has 158 valence electrons. The summed E-state index contributed by atoms with van der Waals surface area (Å²) in [5.74, 6) is -3.63. The van der Waals surface area contributed by atoms with Gasteiger partial charge >= 0.3 is 12.0 Å². The first-order valence-electron chi connectivity index (χ1n) is 7.74. The van der Waals surface area contributed by atoms with Crippen molar-refractivity contribution in [3.63, 3.8) is 0 Å². The number of hydrazine groups is 1. The van der Waals surface area contributed by atoms with Gasteiger partial charge in [-0.25, -0.2) is 9.59 Å². The minimum absolute atomic E-state index is 0.0533. The zero-order chi connectivity index (χ0) is 22.2. The van der Waals surface area contributed by atoms with Crippen molar-refractivity contribution < 1.29 is 34.5 Å². The summed E-state index contributed by atoms with van der Waals surface area (Å²) in [6.07, 6.45) is -1.02. The number of amides is 4. The molecule has 0 aliphatic heterocycles. The first-order valence-corrected chi connectivity index (χ1v) is 8.15. The molecule has 0 aromatic rings. The average Bonchev–Trinajstić information content (AvgIpc) is 2.61. The first-order chi connectivity index (χ1) is 12.8. The fraction of sp³-hybridized carbons (Fsp3) is 0.500. The van der Waals surface area contributed by atoms with Crippen molar-refractivity contribution in [3.8, 4) is 0 Å². The highest BCUT2D eigenvalue weighted by molar-refractivity contribution is 7.80. The fourth-order valence-electron chi connectivity index (χ4n) is 1.68. The van der Waals surface area contributed by atoms with Crippen LogP contribution >= 0.6 is 12.2 Å². The van der Waals surface area contributed by atoms with E-state index in [1.165, 1.54) is 14.0 Å². The van der Waals surface area contributed by atoms with E-state index in [0.29, 0.717) is 0 Å². The van der Waals surface area contributed by atoms with Crippen LogP contribution in [-0.2, 0) is 14.4 Å². The minimum atomic E-state index is -1.70. The third kappa shape index (κ3) is 7.43. The van der Waals surface area contributed by atoms with Gasteiger partial charge in [0.1, 0.15) is 11.0 Å². The van der Waals surface area contributed by atoms with E-state index >= 15 is 0 Å². The molecule has 1 unspecified atom stereocenters. The Balaban J connectivity index is 5.30. The molecule has 0 aromatic carbocycles. The number of carbonyl (C=O) groups is 4. The summed E-state index contributed by atoms with van der Waals surface area (Å²) >= 11 is 5.01. The zero-order valence-electron chi connectivity index (χ0n) is 15.2. The molecule has 0 radical (unpaired) electrons. The molecule has 0 aliphatic rings. The van der Waals surface area contributed by atoms with E-state index in [4.69, 9.17) is 33.9 Å². The number of aliphatic hydroxyl groups excluding tert-OH is 2. The van der Waals surface area contributed by atoms with Crippen LogP contribution in [0.15, 0.2) is 12.2 Å². The molecule has 4 amide bonds. The lowest BCUT2D eigenvalue weighted by molar-refractivity contribution is -0.140. The predicted octanol–water partition coefficient (Wildman–Crippen LogP) is -3.86. The Bertz CT molecular complexity index is 656. The summed E-state index contributed by atoms with van der Waals surface area (Å²) < 4.78 is 0. The summed E-state index contributed by atoms with van der Waals surface area (Å²) in [7, 11) is 1.30.